The molecular formula is C11H12ClFN4. The van der Waals surface area contributed by atoms with Gasteiger partial charge in [-0.25, -0.2) is 9.37 Å². The SMILES string of the molecule is Cn1ncnc1CC(N)c1cc(Cl)ccc1F. The van der Waals surface area contributed by atoms with Gasteiger partial charge in [0.25, 0.3) is 0 Å². The minimum absolute atomic E-state index is 0.357. The lowest BCUT2D eigenvalue weighted by Gasteiger charge is -2.12. The van der Waals surface area contributed by atoms with E-state index in [0.717, 1.165) is 0 Å². The van der Waals surface area contributed by atoms with Gasteiger partial charge >= 0.3 is 0 Å². The maximum Gasteiger partial charge on any atom is 0.138 e. The van der Waals surface area contributed by atoms with E-state index in [4.69, 9.17) is 17.3 Å². The minimum Gasteiger partial charge on any atom is -0.323 e. The van der Waals surface area contributed by atoms with E-state index >= 15 is 0 Å². The lowest BCUT2D eigenvalue weighted by molar-refractivity contribution is 0.565. The second-order valence-electron chi connectivity index (χ2n) is 3.78. The second kappa shape index (κ2) is 4.81. The average Bonchev–Trinajstić information content (AvgIpc) is 2.68. The van der Waals surface area contributed by atoms with Gasteiger partial charge in [0.15, 0.2) is 0 Å². The van der Waals surface area contributed by atoms with Gasteiger partial charge in [0.05, 0.1) is 0 Å². The first-order valence-electron chi connectivity index (χ1n) is 5.11. The summed E-state index contributed by atoms with van der Waals surface area (Å²) in [6.07, 6.45) is 1.85. The molecule has 0 aliphatic heterocycles. The Morgan fingerprint density at radius 2 is 2.29 bits per heavy atom. The van der Waals surface area contributed by atoms with Crippen LogP contribution in [0, 0.1) is 5.82 Å². The van der Waals surface area contributed by atoms with E-state index in [1.807, 2.05) is 0 Å². The van der Waals surface area contributed by atoms with Crippen molar-refractivity contribution in [3.8, 4) is 0 Å². The molecule has 0 spiro atoms. The predicted molar refractivity (Wildman–Crippen MR) is 63.0 cm³/mol. The van der Waals surface area contributed by atoms with Crippen molar-refractivity contribution in [1.82, 2.24) is 14.8 Å². The van der Waals surface area contributed by atoms with Crippen LogP contribution in [-0.4, -0.2) is 14.8 Å². The quantitative estimate of drug-likeness (QED) is 0.910. The van der Waals surface area contributed by atoms with E-state index in [1.54, 1.807) is 11.7 Å². The van der Waals surface area contributed by atoms with Gasteiger partial charge in [0, 0.05) is 30.1 Å². The van der Waals surface area contributed by atoms with Crippen molar-refractivity contribution in [3.63, 3.8) is 0 Å². The Hall–Kier alpha value is -1.46. The molecule has 0 amide bonds. The Labute approximate surface area is 103 Å². The molecule has 1 aromatic carbocycles. The molecular weight excluding hydrogens is 243 g/mol. The van der Waals surface area contributed by atoms with Gasteiger partial charge in [-0.15, -0.1) is 0 Å². The van der Waals surface area contributed by atoms with Crippen LogP contribution in [0.4, 0.5) is 4.39 Å². The molecule has 2 N–H and O–H groups in total. The molecule has 0 saturated heterocycles. The maximum absolute atomic E-state index is 13.6. The number of halogens is 2. The topological polar surface area (TPSA) is 56.7 Å². The molecule has 17 heavy (non-hydrogen) atoms. The number of aromatic nitrogens is 3. The van der Waals surface area contributed by atoms with E-state index in [-0.39, 0.29) is 5.82 Å². The van der Waals surface area contributed by atoms with E-state index in [1.165, 1.54) is 24.5 Å². The zero-order valence-corrected chi connectivity index (χ0v) is 10.0. The first-order chi connectivity index (χ1) is 8.08. The molecule has 90 valence electrons. The van der Waals surface area contributed by atoms with Crippen LogP contribution in [-0.2, 0) is 13.5 Å². The number of hydrogen-bond acceptors (Lipinski definition) is 3. The number of rotatable bonds is 3. The monoisotopic (exact) mass is 254 g/mol. The first-order valence-corrected chi connectivity index (χ1v) is 5.49. The summed E-state index contributed by atoms with van der Waals surface area (Å²) in [7, 11) is 1.77. The lowest BCUT2D eigenvalue weighted by atomic mass is 10.0. The second-order valence-corrected chi connectivity index (χ2v) is 4.21. The average molecular weight is 255 g/mol. The van der Waals surface area contributed by atoms with Crippen LogP contribution in [0.2, 0.25) is 5.02 Å². The van der Waals surface area contributed by atoms with Crippen molar-refractivity contribution < 1.29 is 4.39 Å². The number of nitrogens with zero attached hydrogens (tertiary/aromatic N) is 3. The van der Waals surface area contributed by atoms with Gasteiger partial charge in [-0.05, 0) is 18.2 Å². The molecule has 6 heteroatoms. The summed E-state index contributed by atoms with van der Waals surface area (Å²) in [4.78, 5) is 4.05. The molecule has 2 aromatic rings. The number of benzene rings is 1. The Bertz CT molecular complexity index is 526. The van der Waals surface area contributed by atoms with E-state index in [2.05, 4.69) is 10.1 Å². The van der Waals surface area contributed by atoms with Crippen LogP contribution in [0.1, 0.15) is 17.4 Å². The van der Waals surface area contributed by atoms with Crippen LogP contribution in [0.25, 0.3) is 0 Å². The molecule has 4 nitrogen and oxygen atoms in total. The van der Waals surface area contributed by atoms with Crippen molar-refractivity contribution in [2.24, 2.45) is 12.8 Å². The molecule has 0 saturated carbocycles. The van der Waals surface area contributed by atoms with E-state index in [0.29, 0.717) is 22.8 Å². The van der Waals surface area contributed by atoms with Crippen molar-refractivity contribution in [3.05, 3.63) is 46.8 Å². The summed E-state index contributed by atoms with van der Waals surface area (Å²) < 4.78 is 15.2. The lowest BCUT2D eigenvalue weighted by Crippen LogP contribution is -2.17. The van der Waals surface area contributed by atoms with Crippen molar-refractivity contribution in [1.29, 1.82) is 0 Å². The van der Waals surface area contributed by atoms with Crippen LogP contribution >= 0.6 is 11.6 Å². The molecule has 1 aromatic heterocycles. The van der Waals surface area contributed by atoms with Crippen LogP contribution < -0.4 is 5.73 Å². The Morgan fingerprint density at radius 1 is 1.53 bits per heavy atom. The highest BCUT2D eigenvalue weighted by atomic mass is 35.5. The summed E-state index contributed by atoms with van der Waals surface area (Å²) in [6.45, 7) is 0. The van der Waals surface area contributed by atoms with Crippen molar-refractivity contribution in [2.75, 3.05) is 0 Å². The fourth-order valence-corrected chi connectivity index (χ4v) is 1.79. The predicted octanol–water partition coefficient (Wildman–Crippen LogP) is 1.85. The minimum atomic E-state index is -0.489. The number of hydrogen-bond donors (Lipinski definition) is 1. The molecule has 0 fully saturated rings. The summed E-state index contributed by atoms with van der Waals surface area (Å²) in [5.41, 5.74) is 6.33. The van der Waals surface area contributed by atoms with Gasteiger partial charge in [0.2, 0.25) is 0 Å². The highest BCUT2D eigenvalue weighted by Gasteiger charge is 2.15. The fourth-order valence-electron chi connectivity index (χ4n) is 1.61. The molecule has 0 radical (unpaired) electrons. The largest absolute Gasteiger partial charge is 0.323 e. The van der Waals surface area contributed by atoms with Crippen LogP contribution in [0.3, 0.4) is 0 Å². The molecule has 1 atom stereocenters. The summed E-state index contributed by atoms with van der Waals surface area (Å²) in [5.74, 6) is 0.348. The van der Waals surface area contributed by atoms with Gasteiger partial charge in [-0.3, -0.25) is 4.68 Å². The number of aryl methyl sites for hydroxylation is 1. The highest BCUT2D eigenvalue weighted by Crippen LogP contribution is 2.22. The van der Waals surface area contributed by atoms with Gasteiger partial charge in [-0.1, -0.05) is 11.6 Å². The number of nitrogens with two attached hydrogens (primary N) is 1. The third kappa shape index (κ3) is 2.62. The zero-order valence-electron chi connectivity index (χ0n) is 9.27. The van der Waals surface area contributed by atoms with Crippen LogP contribution in [0.15, 0.2) is 24.5 Å². The Balaban J connectivity index is 2.23. The maximum atomic E-state index is 13.6. The first kappa shape index (κ1) is 12.0. The summed E-state index contributed by atoms with van der Waals surface area (Å²) >= 11 is 5.82. The highest BCUT2D eigenvalue weighted by molar-refractivity contribution is 6.30. The Kier molecular flexibility index (Phi) is 3.40. The fraction of sp³-hybridized carbons (Fsp3) is 0.273. The molecule has 0 aliphatic rings. The molecule has 0 aliphatic carbocycles. The molecule has 1 unspecified atom stereocenters. The third-order valence-corrected chi connectivity index (χ3v) is 2.80. The zero-order chi connectivity index (χ0) is 12.4. The van der Waals surface area contributed by atoms with Gasteiger partial charge in [-0.2, -0.15) is 5.10 Å². The molecule has 0 bridgehead atoms. The van der Waals surface area contributed by atoms with Crippen molar-refractivity contribution >= 4 is 11.6 Å². The van der Waals surface area contributed by atoms with E-state index in [9.17, 15) is 4.39 Å². The molecule has 1 heterocycles. The van der Waals surface area contributed by atoms with Gasteiger partial charge in [0.1, 0.15) is 18.0 Å². The third-order valence-electron chi connectivity index (χ3n) is 2.57. The standard InChI is InChI=1S/C11H12ClFN4/c1-17-11(15-6-16-17)5-10(14)8-4-7(12)2-3-9(8)13/h2-4,6,10H,5,14H2,1H3. The summed E-state index contributed by atoms with van der Waals surface area (Å²) in [6, 6.07) is 3.86. The summed E-state index contributed by atoms with van der Waals surface area (Å²) in [5, 5.41) is 4.40. The van der Waals surface area contributed by atoms with Crippen LogP contribution in [0.5, 0.6) is 0 Å². The van der Waals surface area contributed by atoms with Gasteiger partial charge < -0.3 is 5.73 Å². The van der Waals surface area contributed by atoms with E-state index < -0.39 is 6.04 Å². The smallest absolute Gasteiger partial charge is 0.138 e. The van der Waals surface area contributed by atoms with Crippen molar-refractivity contribution in [2.45, 2.75) is 12.5 Å². The molecule has 2 rings (SSSR count). The normalized spacial score (nSPS) is 12.7. The Morgan fingerprint density at radius 3 is 2.94 bits per heavy atom.